The van der Waals surface area contributed by atoms with Crippen LogP contribution in [-0.2, 0) is 4.79 Å². The van der Waals surface area contributed by atoms with Crippen LogP contribution in [0.15, 0.2) is 54.6 Å². The van der Waals surface area contributed by atoms with Crippen molar-refractivity contribution in [3.63, 3.8) is 0 Å². The molecule has 1 aliphatic rings. The van der Waals surface area contributed by atoms with Crippen molar-refractivity contribution in [3.8, 4) is 17.0 Å². The topological polar surface area (TPSA) is 70.2 Å². The Morgan fingerprint density at radius 3 is 2.77 bits per heavy atom. The number of amides is 1. The van der Waals surface area contributed by atoms with Gasteiger partial charge in [0, 0.05) is 30.2 Å². The lowest BCUT2D eigenvalue weighted by Gasteiger charge is -2.33. The third kappa shape index (κ3) is 5.10. The number of benzene rings is 2. The van der Waals surface area contributed by atoms with Crippen molar-refractivity contribution in [1.29, 1.82) is 0 Å². The molecule has 4 rings (SSSR count). The van der Waals surface area contributed by atoms with E-state index < -0.39 is 0 Å². The molecule has 0 bridgehead atoms. The van der Waals surface area contributed by atoms with Gasteiger partial charge in [-0.1, -0.05) is 11.6 Å². The number of anilines is 1. The Balaban J connectivity index is 1.31. The van der Waals surface area contributed by atoms with Crippen LogP contribution in [-0.4, -0.2) is 41.8 Å². The number of H-pyrrole nitrogens is 1. The Morgan fingerprint density at radius 1 is 1.23 bits per heavy atom. The monoisotopic (exact) mass is 428 g/mol. The summed E-state index contributed by atoms with van der Waals surface area (Å²) in [6.45, 7) is 1.48. The zero-order valence-electron chi connectivity index (χ0n) is 16.3. The van der Waals surface area contributed by atoms with Crippen LogP contribution in [0.25, 0.3) is 11.3 Å². The lowest BCUT2D eigenvalue weighted by Crippen LogP contribution is -2.49. The molecular weight excluding hydrogens is 407 g/mol. The van der Waals surface area contributed by atoms with Crippen molar-refractivity contribution in [2.24, 2.45) is 0 Å². The van der Waals surface area contributed by atoms with Gasteiger partial charge in [-0.15, -0.1) is 0 Å². The Kier molecular flexibility index (Phi) is 6.18. The van der Waals surface area contributed by atoms with Gasteiger partial charge >= 0.3 is 0 Å². The van der Waals surface area contributed by atoms with Crippen LogP contribution in [0.3, 0.4) is 0 Å². The standard InChI is InChI=1S/C22H22ClFN4O2/c23-16-5-9-19(10-6-16)30-14-22(29)25-18-2-1-11-28(13-18)21-12-20(26-27-21)15-3-7-17(24)8-4-15/h3-10,12,18H,1-2,11,13-14H2,(H,25,29)(H,26,27)/t18-/m0/s1. The van der Waals surface area contributed by atoms with Crippen molar-refractivity contribution in [3.05, 3.63) is 65.4 Å². The smallest absolute Gasteiger partial charge is 0.258 e. The zero-order valence-corrected chi connectivity index (χ0v) is 17.0. The van der Waals surface area contributed by atoms with Crippen LogP contribution in [0.4, 0.5) is 10.2 Å². The van der Waals surface area contributed by atoms with E-state index in [9.17, 15) is 9.18 Å². The number of piperidine rings is 1. The summed E-state index contributed by atoms with van der Waals surface area (Å²) in [7, 11) is 0. The molecule has 156 valence electrons. The van der Waals surface area contributed by atoms with Crippen molar-refractivity contribution in [2.75, 3.05) is 24.6 Å². The minimum atomic E-state index is -0.270. The number of carbonyl (C=O) groups is 1. The number of aromatic nitrogens is 2. The summed E-state index contributed by atoms with van der Waals surface area (Å²) in [6, 6.07) is 15.1. The number of nitrogens with zero attached hydrogens (tertiary/aromatic N) is 2. The van der Waals surface area contributed by atoms with Gasteiger partial charge in [0.25, 0.3) is 5.91 Å². The molecule has 1 atom stereocenters. The maximum absolute atomic E-state index is 13.1. The highest BCUT2D eigenvalue weighted by atomic mass is 35.5. The number of nitrogens with one attached hydrogen (secondary N) is 2. The molecule has 0 saturated carbocycles. The van der Waals surface area contributed by atoms with Crippen LogP contribution in [0, 0.1) is 5.82 Å². The summed E-state index contributed by atoms with van der Waals surface area (Å²) in [5, 5.41) is 11.1. The van der Waals surface area contributed by atoms with Gasteiger partial charge in [0.2, 0.25) is 0 Å². The quantitative estimate of drug-likeness (QED) is 0.621. The SMILES string of the molecule is O=C(COc1ccc(Cl)cc1)N[C@H]1CCCN(c2cc(-c3ccc(F)cc3)[nH]n2)C1. The maximum Gasteiger partial charge on any atom is 0.258 e. The third-order valence-corrected chi connectivity index (χ3v) is 5.27. The van der Waals surface area contributed by atoms with Gasteiger partial charge in [-0.2, -0.15) is 5.10 Å². The van der Waals surface area contributed by atoms with E-state index in [1.54, 1.807) is 36.4 Å². The van der Waals surface area contributed by atoms with Gasteiger partial charge in [-0.3, -0.25) is 9.89 Å². The third-order valence-electron chi connectivity index (χ3n) is 5.01. The van der Waals surface area contributed by atoms with E-state index >= 15 is 0 Å². The van der Waals surface area contributed by atoms with E-state index in [1.165, 1.54) is 12.1 Å². The molecule has 2 heterocycles. The molecular formula is C22H22ClFN4O2. The number of hydrogen-bond acceptors (Lipinski definition) is 4. The molecule has 0 spiro atoms. The first-order valence-corrected chi connectivity index (χ1v) is 10.2. The van der Waals surface area contributed by atoms with Crippen LogP contribution in [0.2, 0.25) is 5.02 Å². The molecule has 8 heteroatoms. The molecule has 1 fully saturated rings. The lowest BCUT2D eigenvalue weighted by molar-refractivity contribution is -0.123. The molecule has 1 amide bonds. The Hall–Kier alpha value is -3.06. The molecule has 2 aromatic carbocycles. The number of ether oxygens (including phenoxy) is 1. The van der Waals surface area contributed by atoms with Gasteiger partial charge in [0.05, 0.1) is 5.69 Å². The minimum Gasteiger partial charge on any atom is -0.484 e. The number of halogens is 2. The van der Waals surface area contributed by atoms with E-state index in [1.807, 2.05) is 6.07 Å². The average Bonchev–Trinajstić information content (AvgIpc) is 3.24. The van der Waals surface area contributed by atoms with Crippen LogP contribution in [0.1, 0.15) is 12.8 Å². The number of rotatable bonds is 6. The average molecular weight is 429 g/mol. The predicted octanol–water partition coefficient (Wildman–Crippen LogP) is 4.03. The molecule has 2 N–H and O–H groups in total. The minimum absolute atomic E-state index is 0.0195. The second-order valence-electron chi connectivity index (χ2n) is 7.24. The van der Waals surface area contributed by atoms with Crippen LogP contribution in [0.5, 0.6) is 5.75 Å². The second-order valence-corrected chi connectivity index (χ2v) is 7.68. The van der Waals surface area contributed by atoms with E-state index in [4.69, 9.17) is 16.3 Å². The van der Waals surface area contributed by atoms with Gasteiger partial charge in [-0.05, 0) is 66.9 Å². The number of hydrogen-bond donors (Lipinski definition) is 2. The Labute approximate surface area is 179 Å². The predicted molar refractivity (Wildman–Crippen MR) is 114 cm³/mol. The van der Waals surface area contributed by atoms with Crippen molar-refractivity contribution >= 4 is 23.3 Å². The molecule has 30 heavy (non-hydrogen) atoms. The number of carbonyl (C=O) groups excluding carboxylic acids is 1. The summed E-state index contributed by atoms with van der Waals surface area (Å²) >= 11 is 5.85. The number of aromatic amines is 1. The molecule has 1 aliphatic heterocycles. The molecule has 1 aromatic heterocycles. The van der Waals surface area contributed by atoms with E-state index in [2.05, 4.69) is 20.4 Å². The first-order chi connectivity index (χ1) is 14.6. The summed E-state index contributed by atoms with van der Waals surface area (Å²) in [5.74, 6) is 0.981. The highest BCUT2D eigenvalue weighted by molar-refractivity contribution is 6.30. The first-order valence-electron chi connectivity index (χ1n) is 9.81. The molecule has 1 saturated heterocycles. The second kappa shape index (κ2) is 9.17. The van der Waals surface area contributed by atoms with Crippen molar-refractivity contribution in [2.45, 2.75) is 18.9 Å². The zero-order chi connectivity index (χ0) is 20.9. The van der Waals surface area contributed by atoms with Gasteiger partial charge in [-0.25, -0.2) is 4.39 Å². The van der Waals surface area contributed by atoms with E-state index in [0.717, 1.165) is 36.5 Å². The van der Waals surface area contributed by atoms with Crippen molar-refractivity contribution in [1.82, 2.24) is 15.5 Å². The van der Waals surface area contributed by atoms with E-state index in [-0.39, 0.29) is 24.4 Å². The van der Waals surface area contributed by atoms with Gasteiger partial charge < -0.3 is 15.0 Å². The fraction of sp³-hybridized carbons (Fsp3) is 0.273. The fourth-order valence-corrected chi connectivity index (χ4v) is 3.63. The summed E-state index contributed by atoms with van der Waals surface area (Å²) in [6.07, 6.45) is 1.85. The van der Waals surface area contributed by atoms with Crippen LogP contribution >= 0.6 is 11.6 Å². The summed E-state index contributed by atoms with van der Waals surface area (Å²) < 4.78 is 18.6. The molecule has 3 aromatic rings. The molecule has 0 aliphatic carbocycles. The van der Waals surface area contributed by atoms with Crippen molar-refractivity contribution < 1.29 is 13.9 Å². The summed E-state index contributed by atoms with van der Waals surface area (Å²) in [5.41, 5.74) is 1.70. The lowest BCUT2D eigenvalue weighted by atomic mass is 10.1. The highest BCUT2D eigenvalue weighted by Crippen LogP contribution is 2.24. The normalized spacial score (nSPS) is 16.3. The van der Waals surface area contributed by atoms with E-state index in [0.29, 0.717) is 17.3 Å². The first kappa shape index (κ1) is 20.2. The van der Waals surface area contributed by atoms with Gasteiger partial charge in [0.15, 0.2) is 12.4 Å². The largest absolute Gasteiger partial charge is 0.484 e. The van der Waals surface area contributed by atoms with Crippen LogP contribution < -0.4 is 15.0 Å². The van der Waals surface area contributed by atoms with Gasteiger partial charge in [0.1, 0.15) is 11.6 Å². The Morgan fingerprint density at radius 2 is 2.00 bits per heavy atom. The summed E-state index contributed by atoms with van der Waals surface area (Å²) in [4.78, 5) is 14.4. The highest BCUT2D eigenvalue weighted by Gasteiger charge is 2.23. The Bertz CT molecular complexity index is 991. The fourth-order valence-electron chi connectivity index (χ4n) is 3.50. The maximum atomic E-state index is 13.1. The molecule has 0 unspecified atom stereocenters. The molecule has 0 radical (unpaired) electrons. The molecule has 6 nitrogen and oxygen atoms in total.